The van der Waals surface area contributed by atoms with E-state index in [1.807, 2.05) is 20.8 Å². The third kappa shape index (κ3) is 6.07. The molecule has 7 nitrogen and oxygen atoms in total. The van der Waals surface area contributed by atoms with E-state index in [1.54, 1.807) is 18.7 Å². The van der Waals surface area contributed by atoms with Gasteiger partial charge in [-0.3, -0.25) is 4.79 Å². The van der Waals surface area contributed by atoms with Gasteiger partial charge in [0.25, 0.3) is 0 Å². The summed E-state index contributed by atoms with van der Waals surface area (Å²) in [5.41, 5.74) is -0.598. The van der Waals surface area contributed by atoms with Crippen molar-refractivity contribution >= 4 is 17.8 Å². The van der Waals surface area contributed by atoms with Crippen molar-refractivity contribution in [2.45, 2.75) is 53.1 Å². The minimum atomic E-state index is -0.665. The minimum Gasteiger partial charge on any atom is -0.500 e. The molecule has 1 aliphatic heterocycles. The van der Waals surface area contributed by atoms with Crippen molar-refractivity contribution in [2.75, 3.05) is 26.8 Å². The van der Waals surface area contributed by atoms with E-state index in [9.17, 15) is 14.4 Å². The molecule has 25 heavy (non-hydrogen) atoms. The van der Waals surface area contributed by atoms with Crippen LogP contribution in [0.25, 0.3) is 0 Å². The Kier molecular flexibility index (Phi) is 7.45. The van der Waals surface area contributed by atoms with E-state index in [0.717, 1.165) is 0 Å². The van der Waals surface area contributed by atoms with Crippen LogP contribution in [0.4, 0.5) is 4.79 Å². The first-order chi connectivity index (χ1) is 11.6. The van der Waals surface area contributed by atoms with Gasteiger partial charge >= 0.3 is 12.1 Å². The lowest BCUT2D eigenvalue weighted by Gasteiger charge is -2.33. The van der Waals surface area contributed by atoms with E-state index in [-0.39, 0.29) is 35.7 Å². The molecule has 0 aliphatic carbocycles. The van der Waals surface area contributed by atoms with Gasteiger partial charge in [-0.2, -0.15) is 0 Å². The molecule has 1 heterocycles. The number of allylic oxidation sites excluding steroid dienone is 1. The average molecular weight is 355 g/mol. The molecule has 0 radical (unpaired) electrons. The summed E-state index contributed by atoms with van der Waals surface area (Å²) < 4.78 is 15.4. The maximum Gasteiger partial charge on any atom is 0.410 e. The molecule has 0 saturated carbocycles. The highest BCUT2D eigenvalue weighted by molar-refractivity contribution is 6.18. The first-order valence-corrected chi connectivity index (χ1v) is 8.54. The average Bonchev–Trinajstić information content (AvgIpc) is 2.53. The van der Waals surface area contributed by atoms with Crippen molar-refractivity contribution in [1.82, 2.24) is 4.90 Å². The number of Topliss-reactive ketones (excluding diaryl/α,β-unsaturated/α-hetero) is 1. The zero-order chi connectivity index (χ0) is 19.2. The summed E-state index contributed by atoms with van der Waals surface area (Å²) in [7, 11) is 1.41. The van der Waals surface area contributed by atoms with Gasteiger partial charge < -0.3 is 19.1 Å². The van der Waals surface area contributed by atoms with E-state index < -0.39 is 11.6 Å². The molecule has 7 heteroatoms. The zero-order valence-corrected chi connectivity index (χ0v) is 16.0. The van der Waals surface area contributed by atoms with Crippen molar-refractivity contribution in [3.05, 3.63) is 11.3 Å². The number of rotatable bonds is 5. The Bertz CT molecular complexity index is 538. The Morgan fingerprint density at radius 1 is 1.12 bits per heavy atom. The van der Waals surface area contributed by atoms with Gasteiger partial charge in [-0.25, -0.2) is 9.59 Å². The number of hydrogen-bond acceptors (Lipinski definition) is 6. The molecule has 0 unspecified atom stereocenters. The van der Waals surface area contributed by atoms with E-state index in [2.05, 4.69) is 0 Å². The van der Waals surface area contributed by atoms with E-state index in [1.165, 1.54) is 7.11 Å². The third-order valence-corrected chi connectivity index (χ3v) is 3.90. The van der Waals surface area contributed by atoms with Gasteiger partial charge in [0, 0.05) is 19.0 Å². The van der Waals surface area contributed by atoms with Crippen LogP contribution in [0.2, 0.25) is 0 Å². The number of ether oxygens (including phenoxy) is 3. The molecule has 0 atom stereocenters. The molecule has 0 aromatic heterocycles. The second kappa shape index (κ2) is 8.87. The molecule has 0 N–H and O–H groups in total. The van der Waals surface area contributed by atoms with Crippen LogP contribution in [-0.4, -0.2) is 55.2 Å². The van der Waals surface area contributed by atoms with Crippen LogP contribution >= 0.6 is 0 Å². The zero-order valence-electron chi connectivity index (χ0n) is 16.0. The highest BCUT2D eigenvalue weighted by Crippen LogP contribution is 2.25. The summed E-state index contributed by atoms with van der Waals surface area (Å²) in [5, 5.41) is 0. The summed E-state index contributed by atoms with van der Waals surface area (Å²) in [6.07, 6.45) is 0.559. The van der Waals surface area contributed by atoms with E-state index >= 15 is 0 Å². The molecule has 1 amide bonds. The molecule has 142 valence electrons. The van der Waals surface area contributed by atoms with Crippen molar-refractivity contribution in [1.29, 1.82) is 0 Å². The smallest absolute Gasteiger partial charge is 0.410 e. The highest BCUT2D eigenvalue weighted by Gasteiger charge is 2.34. The maximum atomic E-state index is 12.7. The normalized spacial score (nSPS) is 16.8. The summed E-state index contributed by atoms with van der Waals surface area (Å²) >= 11 is 0. The number of nitrogens with zero attached hydrogens (tertiary/aromatic N) is 1. The minimum absolute atomic E-state index is 0.0416. The number of carbonyl (C=O) groups is 3. The lowest BCUT2D eigenvalue weighted by Crippen LogP contribution is -2.43. The molecule has 1 rings (SSSR count). The number of amides is 1. The van der Waals surface area contributed by atoms with Gasteiger partial charge in [0.2, 0.25) is 0 Å². The first-order valence-electron chi connectivity index (χ1n) is 8.54. The van der Waals surface area contributed by atoms with Gasteiger partial charge in [-0.05, 0) is 47.5 Å². The SMILES string of the molecule is CCOC(=O)/C(C(=O)C1CCN(C(=O)OC(C)(C)C)CC1)=C(\C)OC. The van der Waals surface area contributed by atoms with Crippen LogP contribution in [-0.2, 0) is 23.8 Å². The number of esters is 1. The maximum absolute atomic E-state index is 12.7. The predicted octanol–water partition coefficient (Wildman–Crippen LogP) is 2.69. The monoisotopic (exact) mass is 355 g/mol. The highest BCUT2D eigenvalue weighted by atomic mass is 16.6. The van der Waals surface area contributed by atoms with Gasteiger partial charge in [0.1, 0.15) is 16.9 Å². The molecule has 1 aliphatic rings. The summed E-state index contributed by atoms with van der Waals surface area (Å²) in [5.74, 6) is -1.05. The third-order valence-electron chi connectivity index (χ3n) is 3.90. The fourth-order valence-electron chi connectivity index (χ4n) is 2.58. The van der Waals surface area contributed by atoms with Crippen LogP contribution in [0.5, 0.6) is 0 Å². The number of piperidine rings is 1. The fraction of sp³-hybridized carbons (Fsp3) is 0.722. The lowest BCUT2D eigenvalue weighted by molar-refractivity contribution is -0.141. The van der Waals surface area contributed by atoms with Crippen LogP contribution in [0.1, 0.15) is 47.5 Å². The van der Waals surface area contributed by atoms with Crippen molar-refractivity contribution in [3.8, 4) is 0 Å². The van der Waals surface area contributed by atoms with E-state index in [4.69, 9.17) is 14.2 Å². The van der Waals surface area contributed by atoms with Gasteiger partial charge in [-0.15, -0.1) is 0 Å². The molecule has 0 bridgehead atoms. The Morgan fingerprint density at radius 3 is 2.12 bits per heavy atom. The Hall–Kier alpha value is -2.05. The molecule has 0 aromatic carbocycles. The van der Waals surface area contributed by atoms with Crippen molar-refractivity contribution in [2.24, 2.45) is 5.92 Å². The Labute approximate surface area is 149 Å². The molecule has 0 aromatic rings. The Balaban J connectivity index is 2.76. The lowest BCUT2D eigenvalue weighted by atomic mass is 9.88. The summed E-state index contributed by atoms with van der Waals surface area (Å²) in [6.45, 7) is 9.69. The number of ketones is 1. The van der Waals surface area contributed by atoms with Crippen molar-refractivity contribution < 1.29 is 28.6 Å². The Morgan fingerprint density at radius 2 is 1.68 bits per heavy atom. The topological polar surface area (TPSA) is 82.1 Å². The number of hydrogen-bond donors (Lipinski definition) is 0. The fourth-order valence-corrected chi connectivity index (χ4v) is 2.58. The molecule has 1 fully saturated rings. The van der Waals surface area contributed by atoms with Crippen LogP contribution in [0, 0.1) is 5.92 Å². The summed E-state index contributed by atoms with van der Waals surface area (Å²) in [6, 6.07) is 0. The number of carbonyl (C=O) groups excluding carboxylic acids is 3. The van der Waals surface area contributed by atoms with E-state index in [0.29, 0.717) is 25.9 Å². The van der Waals surface area contributed by atoms with Crippen molar-refractivity contribution in [3.63, 3.8) is 0 Å². The largest absolute Gasteiger partial charge is 0.500 e. The van der Waals surface area contributed by atoms with Gasteiger partial charge in [0.15, 0.2) is 5.78 Å². The molecular formula is C18H29NO6. The predicted molar refractivity (Wildman–Crippen MR) is 91.9 cm³/mol. The van der Waals surface area contributed by atoms with Crippen LogP contribution in [0.3, 0.4) is 0 Å². The number of likely N-dealkylation sites (tertiary alicyclic amines) is 1. The second-order valence-electron chi connectivity index (χ2n) is 6.96. The number of methoxy groups -OCH3 is 1. The quantitative estimate of drug-likeness (QED) is 0.248. The summed E-state index contributed by atoms with van der Waals surface area (Å²) in [4.78, 5) is 38.5. The van der Waals surface area contributed by atoms with Crippen LogP contribution in [0.15, 0.2) is 11.3 Å². The second-order valence-corrected chi connectivity index (χ2v) is 6.96. The van der Waals surface area contributed by atoms with Gasteiger partial charge in [-0.1, -0.05) is 0 Å². The molecular weight excluding hydrogens is 326 g/mol. The standard InChI is InChI=1S/C18H29NO6/c1-7-24-16(21)14(12(2)23-6)15(20)13-8-10-19(11-9-13)17(22)25-18(3,4)5/h13H,7-11H2,1-6H3/b14-12+. The van der Waals surface area contributed by atoms with Crippen LogP contribution < -0.4 is 0 Å². The first kappa shape index (κ1) is 21.0. The van der Waals surface area contributed by atoms with Gasteiger partial charge in [0.05, 0.1) is 13.7 Å². The molecule has 0 spiro atoms. The molecule has 1 saturated heterocycles.